The minimum Gasteiger partial charge on any atom is -0.326 e. The standard InChI is InChI=1S/C19H20F2N2O2/c1-12-4-7-18(13(2)10-12)23(14(3)24)9-8-19(25)22-15-5-6-16(20)17(21)11-15/h4-7,10-11H,8-9H2,1-3H3,(H,22,25). The molecule has 25 heavy (non-hydrogen) atoms. The molecule has 0 bridgehead atoms. The molecule has 0 heterocycles. The fourth-order valence-corrected chi connectivity index (χ4v) is 2.57. The van der Waals surface area contributed by atoms with Crippen molar-refractivity contribution in [2.45, 2.75) is 27.2 Å². The van der Waals surface area contributed by atoms with Crippen LogP contribution in [0.25, 0.3) is 0 Å². The molecule has 0 aliphatic rings. The molecule has 0 radical (unpaired) electrons. The SMILES string of the molecule is CC(=O)N(CCC(=O)Nc1ccc(F)c(F)c1)c1ccc(C)cc1C. The van der Waals surface area contributed by atoms with Crippen LogP contribution in [0.4, 0.5) is 20.2 Å². The molecule has 0 aliphatic carbocycles. The Morgan fingerprint density at radius 2 is 1.76 bits per heavy atom. The molecule has 0 aliphatic heterocycles. The second-order valence-electron chi connectivity index (χ2n) is 5.89. The van der Waals surface area contributed by atoms with Crippen molar-refractivity contribution in [1.82, 2.24) is 0 Å². The van der Waals surface area contributed by atoms with Crippen molar-refractivity contribution >= 4 is 23.2 Å². The van der Waals surface area contributed by atoms with Crippen LogP contribution in [0.2, 0.25) is 0 Å². The van der Waals surface area contributed by atoms with Gasteiger partial charge in [0.25, 0.3) is 0 Å². The molecule has 1 N–H and O–H groups in total. The highest BCUT2D eigenvalue weighted by molar-refractivity contribution is 5.95. The number of aryl methyl sites for hydroxylation is 2. The van der Waals surface area contributed by atoms with Crippen LogP contribution >= 0.6 is 0 Å². The maximum absolute atomic E-state index is 13.2. The number of benzene rings is 2. The zero-order valence-corrected chi connectivity index (χ0v) is 14.4. The molecule has 2 aromatic rings. The molecule has 0 saturated heterocycles. The quantitative estimate of drug-likeness (QED) is 0.891. The summed E-state index contributed by atoms with van der Waals surface area (Å²) in [4.78, 5) is 25.5. The number of hydrogen-bond acceptors (Lipinski definition) is 2. The molecule has 2 aromatic carbocycles. The third-order valence-electron chi connectivity index (χ3n) is 3.79. The van der Waals surface area contributed by atoms with Gasteiger partial charge in [-0.2, -0.15) is 0 Å². The van der Waals surface area contributed by atoms with Crippen molar-refractivity contribution in [1.29, 1.82) is 0 Å². The van der Waals surface area contributed by atoms with E-state index < -0.39 is 11.6 Å². The van der Waals surface area contributed by atoms with E-state index >= 15 is 0 Å². The predicted molar refractivity (Wildman–Crippen MR) is 93.5 cm³/mol. The normalized spacial score (nSPS) is 10.4. The van der Waals surface area contributed by atoms with Gasteiger partial charge in [0, 0.05) is 37.3 Å². The van der Waals surface area contributed by atoms with Gasteiger partial charge >= 0.3 is 0 Å². The first-order valence-electron chi connectivity index (χ1n) is 7.88. The van der Waals surface area contributed by atoms with Gasteiger partial charge in [0.15, 0.2) is 11.6 Å². The first-order valence-corrected chi connectivity index (χ1v) is 7.88. The van der Waals surface area contributed by atoms with Crippen LogP contribution in [0.1, 0.15) is 24.5 Å². The zero-order valence-electron chi connectivity index (χ0n) is 14.4. The van der Waals surface area contributed by atoms with Crippen LogP contribution < -0.4 is 10.2 Å². The third-order valence-corrected chi connectivity index (χ3v) is 3.79. The van der Waals surface area contributed by atoms with Gasteiger partial charge in [0.2, 0.25) is 11.8 Å². The Labute approximate surface area is 145 Å². The summed E-state index contributed by atoms with van der Waals surface area (Å²) in [7, 11) is 0. The maximum Gasteiger partial charge on any atom is 0.226 e. The van der Waals surface area contributed by atoms with E-state index in [2.05, 4.69) is 5.32 Å². The number of carbonyl (C=O) groups is 2. The van der Waals surface area contributed by atoms with Crippen LogP contribution in [-0.4, -0.2) is 18.4 Å². The zero-order chi connectivity index (χ0) is 18.6. The van der Waals surface area contributed by atoms with Crippen LogP contribution in [0.3, 0.4) is 0 Å². The smallest absolute Gasteiger partial charge is 0.226 e. The number of halogens is 2. The monoisotopic (exact) mass is 346 g/mol. The van der Waals surface area contributed by atoms with Crippen LogP contribution in [-0.2, 0) is 9.59 Å². The van der Waals surface area contributed by atoms with Crippen molar-refractivity contribution in [3.63, 3.8) is 0 Å². The van der Waals surface area contributed by atoms with Crippen molar-refractivity contribution in [3.05, 3.63) is 59.2 Å². The minimum atomic E-state index is -1.03. The second-order valence-corrected chi connectivity index (χ2v) is 5.89. The van der Waals surface area contributed by atoms with E-state index in [4.69, 9.17) is 0 Å². The molecule has 6 heteroatoms. The van der Waals surface area contributed by atoms with Crippen LogP contribution in [0.15, 0.2) is 36.4 Å². The molecular formula is C19H20F2N2O2. The number of rotatable bonds is 5. The Morgan fingerprint density at radius 1 is 1.04 bits per heavy atom. The van der Waals surface area contributed by atoms with Gasteiger partial charge in [-0.15, -0.1) is 0 Å². The number of carbonyl (C=O) groups excluding carboxylic acids is 2. The third kappa shape index (κ3) is 4.86. The van der Waals surface area contributed by atoms with Gasteiger partial charge in [-0.3, -0.25) is 9.59 Å². The summed E-state index contributed by atoms with van der Waals surface area (Å²) < 4.78 is 26.1. The van der Waals surface area contributed by atoms with E-state index in [1.807, 2.05) is 32.0 Å². The van der Waals surface area contributed by atoms with Crippen LogP contribution in [0, 0.1) is 25.5 Å². The molecular weight excluding hydrogens is 326 g/mol. The van der Waals surface area contributed by atoms with E-state index in [9.17, 15) is 18.4 Å². The first kappa shape index (κ1) is 18.6. The van der Waals surface area contributed by atoms with Crippen molar-refractivity contribution in [2.24, 2.45) is 0 Å². The van der Waals surface area contributed by atoms with Gasteiger partial charge in [-0.05, 0) is 37.6 Å². The van der Waals surface area contributed by atoms with Gasteiger partial charge in [0.1, 0.15) is 0 Å². The van der Waals surface area contributed by atoms with Gasteiger partial charge < -0.3 is 10.2 Å². The van der Waals surface area contributed by atoms with E-state index in [0.29, 0.717) is 0 Å². The Balaban J connectivity index is 2.04. The summed E-state index contributed by atoms with van der Waals surface area (Å²) >= 11 is 0. The lowest BCUT2D eigenvalue weighted by Crippen LogP contribution is -2.32. The molecule has 132 valence electrons. The lowest BCUT2D eigenvalue weighted by Gasteiger charge is -2.23. The minimum absolute atomic E-state index is 0.0336. The molecule has 0 spiro atoms. The molecule has 0 fully saturated rings. The summed E-state index contributed by atoms with van der Waals surface area (Å²) in [5, 5.41) is 2.50. The van der Waals surface area contributed by atoms with E-state index in [1.54, 1.807) is 0 Å². The molecule has 2 amide bonds. The van der Waals surface area contributed by atoms with E-state index in [1.165, 1.54) is 17.9 Å². The number of nitrogens with zero attached hydrogens (tertiary/aromatic N) is 1. The van der Waals surface area contributed by atoms with Gasteiger partial charge in [-0.1, -0.05) is 17.7 Å². The van der Waals surface area contributed by atoms with Crippen LogP contribution in [0.5, 0.6) is 0 Å². The molecule has 4 nitrogen and oxygen atoms in total. The lowest BCUT2D eigenvalue weighted by atomic mass is 10.1. The fraction of sp³-hybridized carbons (Fsp3) is 0.263. The number of nitrogens with one attached hydrogen (secondary N) is 1. The van der Waals surface area contributed by atoms with E-state index in [-0.39, 0.29) is 30.5 Å². The second kappa shape index (κ2) is 7.88. The topological polar surface area (TPSA) is 49.4 Å². The molecule has 2 rings (SSSR count). The maximum atomic E-state index is 13.2. The Kier molecular flexibility index (Phi) is 5.85. The predicted octanol–water partition coefficient (Wildman–Crippen LogP) is 3.96. The highest BCUT2D eigenvalue weighted by Gasteiger charge is 2.16. The highest BCUT2D eigenvalue weighted by atomic mass is 19.2. The molecule has 0 unspecified atom stereocenters. The summed E-state index contributed by atoms with van der Waals surface area (Å²) in [5.41, 5.74) is 2.94. The average molecular weight is 346 g/mol. The lowest BCUT2D eigenvalue weighted by molar-refractivity contribution is -0.117. The van der Waals surface area contributed by atoms with Crippen molar-refractivity contribution in [2.75, 3.05) is 16.8 Å². The Morgan fingerprint density at radius 3 is 2.36 bits per heavy atom. The molecule has 0 atom stereocenters. The average Bonchev–Trinajstić information content (AvgIpc) is 2.52. The van der Waals surface area contributed by atoms with Crippen molar-refractivity contribution in [3.8, 4) is 0 Å². The summed E-state index contributed by atoms with van der Waals surface area (Å²) in [6.45, 7) is 5.49. The van der Waals surface area contributed by atoms with Gasteiger partial charge in [0.05, 0.1) is 0 Å². The number of amides is 2. The Hall–Kier alpha value is -2.76. The summed E-state index contributed by atoms with van der Waals surface area (Å²) in [6.07, 6.45) is 0.0336. The highest BCUT2D eigenvalue weighted by Crippen LogP contribution is 2.22. The molecule has 0 saturated carbocycles. The summed E-state index contributed by atoms with van der Waals surface area (Å²) in [5.74, 6) is -2.57. The Bertz CT molecular complexity index is 806. The number of anilines is 2. The molecule has 0 aromatic heterocycles. The summed E-state index contributed by atoms with van der Waals surface area (Å²) in [6, 6.07) is 8.86. The fourth-order valence-electron chi connectivity index (χ4n) is 2.57. The number of hydrogen-bond donors (Lipinski definition) is 1. The van der Waals surface area contributed by atoms with E-state index in [0.717, 1.165) is 28.9 Å². The largest absolute Gasteiger partial charge is 0.326 e. The van der Waals surface area contributed by atoms with Crippen molar-refractivity contribution < 1.29 is 18.4 Å². The first-order chi connectivity index (χ1) is 11.8. The van der Waals surface area contributed by atoms with Gasteiger partial charge in [-0.25, -0.2) is 8.78 Å².